The highest BCUT2D eigenvalue weighted by atomic mass is 32.2. The van der Waals surface area contributed by atoms with Gasteiger partial charge >= 0.3 is 5.97 Å². The van der Waals surface area contributed by atoms with Gasteiger partial charge in [-0.25, -0.2) is 8.42 Å². The number of rotatable bonds is 5. The standard InChI is InChI=1S/C21H28N2O5S/c24-20(15-28-21(25)17-6-3-7-17)22-10-12-23(13-11-22)29(26,27)19-9-8-16-4-1-2-5-18(16)14-19/h8-9,14,17H,1-7,10-13,15H2. The Labute approximate surface area is 172 Å². The third kappa shape index (κ3) is 4.33. The van der Waals surface area contributed by atoms with Crippen LogP contribution in [0.5, 0.6) is 0 Å². The van der Waals surface area contributed by atoms with E-state index in [0.717, 1.165) is 50.5 Å². The number of fused-ring (bicyclic) bond motifs is 1. The number of piperazine rings is 1. The summed E-state index contributed by atoms with van der Waals surface area (Å²) in [6.07, 6.45) is 6.92. The molecule has 8 heteroatoms. The van der Waals surface area contributed by atoms with Crippen LogP contribution < -0.4 is 0 Å². The van der Waals surface area contributed by atoms with Crippen LogP contribution >= 0.6 is 0 Å². The van der Waals surface area contributed by atoms with Crippen molar-refractivity contribution in [3.63, 3.8) is 0 Å². The molecule has 7 nitrogen and oxygen atoms in total. The Morgan fingerprint density at radius 1 is 0.966 bits per heavy atom. The van der Waals surface area contributed by atoms with Crippen molar-refractivity contribution in [2.24, 2.45) is 5.92 Å². The largest absolute Gasteiger partial charge is 0.455 e. The molecule has 0 unspecified atom stereocenters. The Balaban J connectivity index is 1.32. The van der Waals surface area contributed by atoms with Crippen molar-refractivity contribution in [2.45, 2.75) is 49.8 Å². The number of amides is 1. The Kier molecular flexibility index (Phi) is 5.92. The SMILES string of the molecule is O=C(OCC(=O)N1CCN(S(=O)(=O)c2ccc3c(c2)CCCC3)CC1)C1CCC1. The number of carbonyl (C=O) groups is 2. The first kappa shape index (κ1) is 20.3. The minimum absolute atomic E-state index is 0.0543. The lowest BCUT2D eigenvalue weighted by atomic mass is 9.86. The van der Waals surface area contributed by atoms with Crippen molar-refractivity contribution in [3.05, 3.63) is 29.3 Å². The Hall–Kier alpha value is -1.93. The molecule has 0 atom stereocenters. The fourth-order valence-electron chi connectivity index (χ4n) is 4.18. The molecule has 0 bridgehead atoms. The molecule has 2 aliphatic carbocycles. The van der Waals surface area contributed by atoms with Gasteiger partial charge in [-0.15, -0.1) is 0 Å². The monoisotopic (exact) mass is 420 g/mol. The number of esters is 1. The second kappa shape index (κ2) is 8.44. The van der Waals surface area contributed by atoms with E-state index in [1.165, 1.54) is 9.87 Å². The highest BCUT2D eigenvalue weighted by molar-refractivity contribution is 7.89. The molecule has 1 heterocycles. The third-order valence-electron chi connectivity index (χ3n) is 6.33. The normalized spacial score (nSPS) is 20.6. The predicted octanol–water partition coefficient (Wildman–Crippen LogP) is 1.74. The highest BCUT2D eigenvalue weighted by Crippen LogP contribution is 2.28. The van der Waals surface area contributed by atoms with Gasteiger partial charge in [-0.1, -0.05) is 12.5 Å². The topological polar surface area (TPSA) is 84.0 Å². The van der Waals surface area contributed by atoms with Crippen LogP contribution in [0.25, 0.3) is 0 Å². The number of ether oxygens (including phenoxy) is 1. The number of benzene rings is 1. The summed E-state index contributed by atoms with van der Waals surface area (Å²) in [7, 11) is -3.57. The minimum Gasteiger partial charge on any atom is -0.455 e. The first-order chi connectivity index (χ1) is 13.9. The smallest absolute Gasteiger partial charge is 0.309 e. The molecule has 29 heavy (non-hydrogen) atoms. The summed E-state index contributed by atoms with van der Waals surface area (Å²) >= 11 is 0. The lowest BCUT2D eigenvalue weighted by Crippen LogP contribution is -2.51. The minimum atomic E-state index is -3.57. The van der Waals surface area contributed by atoms with Gasteiger partial charge in [0.2, 0.25) is 10.0 Å². The van der Waals surface area contributed by atoms with Crippen LogP contribution in [-0.2, 0) is 37.2 Å². The number of carbonyl (C=O) groups excluding carboxylic acids is 2. The number of sulfonamides is 1. The maximum atomic E-state index is 13.0. The quantitative estimate of drug-likeness (QED) is 0.678. The summed E-state index contributed by atoms with van der Waals surface area (Å²) in [6, 6.07) is 5.47. The zero-order chi connectivity index (χ0) is 20.4. The first-order valence-corrected chi connectivity index (χ1v) is 12.0. The second-order valence-corrected chi connectivity index (χ2v) is 10.1. The molecular weight excluding hydrogens is 392 g/mol. The van der Waals surface area contributed by atoms with Gasteiger partial charge in [0.05, 0.1) is 10.8 Å². The van der Waals surface area contributed by atoms with Gasteiger partial charge in [0.25, 0.3) is 5.91 Å². The zero-order valence-corrected chi connectivity index (χ0v) is 17.5. The van der Waals surface area contributed by atoms with Gasteiger partial charge in [0.1, 0.15) is 0 Å². The van der Waals surface area contributed by atoms with Crippen LogP contribution in [0, 0.1) is 5.92 Å². The van der Waals surface area contributed by atoms with Gasteiger partial charge in [-0.3, -0.25) is 9.59 Å². The number of nitrogens with zero attached hydrogens (tertiary/aromatic N) is 2. The van der Waals surface area contributed by atoms with E-state index >= 15 is 0 Å². The molecule has 0 spiro atoms. The van der Waals surface area contributed by atoms with Crippen molar-refractivity contribution in [3.8, 4) is 0 Å². The van der Waals surface area contributed by atoms with Gasteiger partial charge in [0.15, 0.2) is 6.61 Å². The summed E-state index contributed by atoms with van der Waals surface area (Å²) in [5.41, 5.74) is 2.39. The van der Waals surface area contributed by atoms with Crippen LogP contribution in [-0.4, -0.2) is 62.3 Å². The molecule has 1 amide bonds. The summed E-state index contributed by atoms with van der Waals surface area (Å²) in [4.78, 5) is 26.0. The molecule has 3 aliphatic rings. The molecule has 0 radical (unpaired) electrons. The van der Waals surface area contributed by atoms with Gasteiger partial charge < -0.3 is 9.64 Å². The Morgan fingerprint density at radius 2 is 1.66 bits per heavy atom. The molecule has 2 fully saturated rings. The fraction of sp³-hybridized carbons (Fsp3) is 0.619. The molecule has 4 rings (SSSR count). The maximum absolute atomic E-state index is 13.0. The molecule has 0 aromatic heterocycles. The van der Waals surface area contributed by atoms with Crippen molar-refractivity contribution >= 4 is 21.9 Å². The summed E-state index contributed by atoms with van der Waals surface area (Å²) in [5, 5.41) is 0. The van der Waals surface area contributed by atoms with Crippen LogP contribution in [0.4, 0.5) is 0 Å². The van der Waals surface area contributed by atoms with Crippen molar-refractivity contribution in [1.29, 1.82) is 0 Å². The van der Waals surface area contributed by atoms with Crippen LogP contribution in [0.1, 0.15) is 43.2 Å². The van der Waals surface area contributed by atoms with Crippen LogP contribution in [0.15, 0.2) is 23.1 Å². The average Bonchev–Trinajstić information content (AvgIpc) is 2.70. The first-order valence-electron chi connectivity index (χ1n) is 10.5. The summed E-state index contributed by atoms with van der Waals surface area (Å²) in [5.74, 6) is -0.608. The summed E-state index contributed by atoms with van der Waals surface area (Å²) < 4.78 is 32.6. The molecule has 158 valence electrons. The Morgan fingerprint density at radius 3 is 2.31 bits per heavy atom. The van der Waals surface area contributed by atoms with E-state index in [1.807, 2.05) is 12.1 Å². The van der Waals surface area contributed by atoms with E-state index in [0.29, 0.717) is 18.0 Å². The van der Waals surface area contributed by atoms with E-state index in [9.17, 15) is 18.0 Å². The van der Waals surface area contributed by atoms with Gasteiger partial charge in [-0.2, -0.15) is 4.31 Å². The highest BCUT2D eigenvalue weighted by Gasteiger charge is 2.32. The van der Waals surface area contributed by atoms with Crippen LogP contribution in [0.3, 0.4) is 0 Å². The maximum Gasteiger partial charge on any atom is 0.309 e. The van der Waals surface area contributed by atoms with E-state index in [2.05, 4.69) is 0 Å². The number of hydrogen-bond acceptors (Lipinski definition) is 5. The molecule has 1 saturated heterocycles. The predicted molar refractivity (Wildman–Crippen MR) is 107 cm³/mol. The Bertz CT molecular complexity index is 886. The molecule has 1 aromatic rings. The molecule has 1 saturated carbocycles. The number of hydrogen-bond donors (Lipinski definition) is 0. The molecular formula is C21H28N2O5S. The average molecular weight is 421 g/mol. The van der Waals surface area contributed by atoms with E-state index in [4.69, 9.17) is 4.74 Å². The molecule has 1 aliphatic heterocycles. The zero-order valence-electron chi connectivity index (χ0n) is 16.6. The summed E-state index contributed by atoms with van der Waals surface area (Å²) in [6.45, 7) is 0.865. The van der Waals surface area contributed by atoms with E-state index < -0.39 is 10.0 Å². The van der Waals surface area contributed by atoms with E-state index in [-0.39, 0.29) is 37.5 Å². The second-order valence-electron chi connectivity index (χ2n) is 8.16. The van der Waals surface area contributed by atoms with Gasteiger partial charge in [-0.05, 0) is 61.8 Å². The van der Waals surface area contributed by atoms with Crippen LogP contribution in [0.2, 0.25) is 0 Å². The van der Waals surface area contributed by atoms with Crippen molar-refractivity contribution < 1.29 is 22.7 Å². The lowest BCUT2D eigenvalue weighted by Gasteiger charge is -2.34. The third-order valence-corrected chi connectivity index (χ3v) is 8.22. The van der Waals surface area contributed by atoms with Gasteiger partial charge in [0, 0.05) is 26.2 Å². The molecule has 1 aromatic carbocycles. The van der Waals surface area contributed by atoms with Crippen molar-refractivity contribution in [1.82, 2.24) is 9.21 Å². The fourth-order valence-corrected chi connectivity index (χ4v) is 5.66. The number of aryl methyl sites for hydroxylation is 2. The van der Waals surface area contributed by atoms with E-state index in [1.54, 1.807) is 11.0 Å². The lowest BCUT2D eigenvalue weighted by molar-refractivity contribution is -0.158. The molecule has 0 N–H and O–H groups in total. The van der Waals surface area contributed by atoms with Crippen molar-refractivity contribution in [2.75, 3.05) is 32.8 Å².